The van der Waals surface area contributed by atoms with Crippen molar-refractivity contribution in [3.63, 3.8) is 0 Å². The molecular weight excluding hydrogens is 560 g/mol. The minimum absolute atomic E-state index is 0.996. The monoisotopic (exact) mass is 586 g/mol. The minimum Gasteiger partial charge on any atom is -0.309 e. The maximum Gasteiger partial charge on any atom is 0.0933 e. The lowest BCUT2D eigenvalue weighted by Gasteiger charge is -2.13. The molecule has 4 nitrogen and oxygen atoms in total. The van der Waals surface area contributed by atoms with E-state index in [2.05, 4.69) is 156 Å². The summed E-state index contributed by atoms with van der Waals surface area (Å²) in [5.74, 6) is 0. The number of aromatic nitrogens is 4. The Hall–Kier alpha value is -6.26. The van der Waals surface area contributed by atoms with E-state index in [9.17, 15) is 0 Å². The molecule has 0 N–H and O–H groups in total. The third-order valence-electron chi connectivity index (χ3n) is 9.33. The highest BCUT2D eigenvalue weighted by Gasteiger charge is 2.19. The van der Waals surface area contributed by atoms with Crippen molar-refractivity contribution >= 4 is 59.9 Å². The molecule has 0 aliphatic rings. The molecule has 46 heavy (non-hydrogen) atoms. The summed E-state index contributed by atoms with van der Waals surface area (Å²) in [6.45, 7) is 0. The zero-order valence-electron chi connectivity index (χ0n) is 24.8. The van der Waals surface area contributed by atoms with Gasteiger partial charge in [-0.05, 0) is 53.4 Å². The van der Waals surface area contributed by atoms with Crippen molar-refractivity contribution < 1.29 is 0 Å². The predicted molar refractivity (Wildman–Crippen MR) is 191 cm³/mol. The molecular formula is C42H26N4. The van der Waals surface area contributed by atoms with Gasteiger partial charge in [0.15, 0.2) is 0 Å². The average molecular weight is 587 g/mol. The van der Waals surface area contributed by atoms with Crippen LogP contribution in [0.25, 0.3) is 88.0 Å². The smallest absolute Gasteiger partial charge is 0.0933 e. The lowest BCUT2D eigenvalue weighted by molar-refractivity contribution is 0.983. The fourth-order valence-corrected chi connectivity index (χ4v) is 7.24. The van der Waals surface area contributed by atoms with Crippen molar-refractivity contribution in [3.05, 3.63) is 158 Å². The number of hydrogen-bond donors (Lipinski definition) is 0. The van der Waals surface area contributed by atoms with Gasteiger partial charge in [-0.1, -0.05) is 109 Å². The first-order valence-corrected chi connectivity index (χ1v) is 15.6. The first kappa shape index (κ1) is 25.1. The molecule has 214 valence electrons. The van der Waals surface area contributed by atoms with E-state index in [0.717, 1.165) is 50.0 Å². The van der Waals surface area contributed by atoms with Gasteiger partial charge in [0, 0.05) is 49.9 Å². The summed E-state index contributed by atoms with van der Waals surface area (Å²) >= 11 is 0. The first-order chi connectivity index (χ1) is 22.8. The molecule has 0 unspecified atom stereocenters. The lowest BCUT2D eigenvalue weighted by Crippen LogP contribution is -1.94. The van der Waals surface area contributed by atoms with Crippen LogP contribution in [0.1, 0.15) is 0 Å². The number of pyridine rings is 2. The molecule has 0 saturated heterocycles. The first-order valence-electron chi connectivity index (χ1n) is 15.6. The van der Waals surface area contributed by atoms with Crippen LogP contribution in [0, 0.1) is 0 Å². The predicted octanol–water partition coefficient (Wildman–Crippen LogP) is 10.6. The zero-order valence-corrected chi connectivity index (χ0v) is 24.8. The average Bonchev–Trinajstić information content (AvgIpc) is 3.67. The van der Waals surface area contributed by atoms with Gasteiger partial charge in [0.05, 0.1) is 33.3 Å². The molecule has 6 aromatic carbocycles. The van der Waals surface area contributed by atoms with Gasteiger partial charge >= 0.3 is 0 Å². The van der Waals surface area contributed by atoms with Crippen LogP contribution in [0.5, 0.6) is 0 Å². The number of nitrogens with zero attached hydrogens (tertiary/aromatic N) is 4. The van der Waals surface area contributed by atoms with Crippen molar-refractivity contribution in [2.45, 2.75) is 0 Å². The van der Waals surface area contributed by atoms with Crippen molar-refractivity contribution in [3.8, 4) is 28.1 Å². The van der Waals surface area contributed by atoms with Crippen LogP contribution in [0.15, 0.2) is 158 Å². The molecule has 0 amide bonds. The second kappa shape index (κ2) is 9.62. The topological polar surface area (TPSA) is 35.1 Å². The SMILES string of the molecule is c1ccc(-n2c3ccccc3c3c4c(-c5ccc(-c6ccc7c8ccccc8nn7c6)cc5)nc5ccccc5c4ccc32)cc1. The third-order valence-corrected chi connectivity index (χ3v) is 9.33. The summed E-state index contributed by atoms with van der Waals surface area (Å²) < 4.78 is 4.37. The fourth-order valence-electron chi connectivity index (χ4n) is 7.24. The normalized spacial score (nSPS) is 11.9. The highest BCUT2D eigenvalue weighted by Crippen LogP contribution is 2.42. The second-order valence-corrected chi connectivity index (χ2v) is 11.9. The summed E-state index contributed by atoms with van der Waals surface area (Å²) in [4.78, 5) is 5.36. The molecule has 0 radical (unpaired) electrons. The molecule has 0 atom stereocenters. The van der Waals surface area contributed by atoms with Crippen molar-refractivity contribution in [2.24, 2.45) is 0 Å². The Morgan fingerprint density at radius 2 is 1.04 bits per heavy atom. The van der Waals surface area contributed by atoms with Crippen molar-refractivity contribution in [1.82, 2.24) is 19.2 Å². The highest BCUT2D eigenvalue weighted by atomic mass is 15.2. The van der Waals surface area contributed by atoms with Crippen LogP contribution < -0.4 is 0 Å². The van der Waals surface area contributed by atoms with Crippen molar-refractivity contribution in [1.29, 1.82) is 0 Å². The van der Waals surface area contributed by atoms with Crippen LogP contribution in [0.4, 0.5) is 0 Å². The van der Waals surface area contributed by atoms with E-state index in [-0.39, 0.29) is 0 Å². The number of rotatable bonds is 3. The molecule has 0 fully saturated rings. The van der Waals surface area contributed by atoms with Gasteiger partial charge in [0.25, 0.3) is 0 Å². The van der Waals surface area contributed by atoms with E-state index < -0.39 is 0 Å². The Kier molecular flexibility index (Phi) is 5.25. The highest BCUT2D eigenvalue weighted by molar-refractivity contribution is 6.28. The fraction of sp³-hybridized carbons (Fsp3) is 0. The van der Waals surface area contributed by atoms with Crippen LogP contribution in [0.3, 0.4) is 0 Å². The molecule has 0 bridgehead atoms. The number of benzene rings is 6. The number of hydrogen-bond acceptors (Lipinski definition) is 2. The summed E-state index contributed by atoms with van der Waals surface area (Å²) in [6, 6.07) is 53.9. The summed E-state index contributed by atoms with van der Waals surface area (Å²) in [7, 11) is 0. The van der Waals surface area contributed by atoms with E-state index in [1.54, 1.807) is 0 Å². The Morgan fingerprint density at radius 1 is 0.391 bits per heavy atom. The molecule has 4 heterocycles. The maximum atomic E-state index is 5.36. The van der Waals surface area contributed by atoms with E-state index in [1.165, 1.54) is 38.0 Å². The maximum absolute atomic E-state index is 5.36. The molecule has 0 aliphatic heterocycles. The van der Waals surface area contributed by atoms with Gasteiger partial charge in [-0.25, -0.2) is 9.50 Å². The van der Waals surface area contributed by atoms with E-state index in [1.807, 2.05) is 10.6 Å². The van der Waals surface area contributed by atoms with Gasteiger partial charge in [-0.15, -0.1) is 0 Å². The lowest BCUT2D eigenvalue weighted by atomic mass is 9.95. The van der Waals surface area contributed by atoms with Gasteiger partial charge in [0.1, 0.15) is 0 Å². The van der Waals surface area contributed by atoms with Gasteiger partial charge in [-0.2, -0.15) is 5.10 Å². The van der Waals surface area contributed by atoms with E-state index >= 15 is 0 Å². The molecule has 4 aromatic heterocycles. The van der Waals surface area contributed by atoms with Crippen LogP contribution in [0.2, 0.25) is 0 Å². The van der Waals surface area contributed by atoms with Crippen LogP contribution >= 0.6 is 0 Å². The van der Waals surface area contributed by atoms with Gasteiger partial charge in [-0.3, -0.25) is 0 Å². The van der Waals surface area contributed by atoms with Gasteiger partial charge < -0.3 is 4.57 Å². The molecule has 0 saturated carbocycles. The standard InChI is InChI=1S/C42H26N4/c1-2-10-30(11-3-1)46-38-17-9-6-14-34(38)40-39(46)25-23-32-31-12-4-7-15-35(31)43-42(41(32)40)28-20-18-27(19-21-28)29-22-24-37-33-13-5-8-16-36(33)44-45(37)26-29/h1-26H. The quantitative estimate of drug-likeness (QED) is 0.193. The third kappa shape index (κ3) is 3.61. The minimum atomic E-state index is 0.996. The van der Waals surface area contributed by atoms with Crippen LogP contribution in [-0.4, -0.2) is 19.2 Å². The van der Waals surface area contributed by atoms with Gasteiger partial charge in [0.2, 0.25) is 0 Å². The Morgan fingerprint density at radius 3 is 1.89 bits per heavy atom. The number of fused-ring (bicyclic) bond motifs is 10. The molecule has 0 spiro atoms. The van der Waals surface area contributed by atoms with Crippen molar-refractivity contribution in [2.75, 3.05) is 0 Å². The van der Waals surface area contributed by atoms with E-state index in [4.69, 9.17) is 10.1 Å². The van der Waals surface area contributed by atoms with Crippen LogP contribution in [-0.2, 0) is 0 Å². The second-order valence-electron chi connectivity index (χ2n) is 11.9. The Bertz CT molecular complexity index is 2790. The summed E-state index contributed by atoms with van der Waals surface area (Å²) in [6.07, 6.45) is 2.12. The van der Waals surface area contributed by atoms with E-state index in [0.29, 0.717) is 0 Å². The molecule has 10 aromatic rings. The molecule has 4 heteroatoms. The Labute approximate surface area is 264 Å². The number of para-hydroxylation sites is 3. The molecule has 10 rings (SSSR count). The summed E-state index contributed by atoms with van der Waals surface area (Å²) in [5.41, 5.74) is 11.0. The summed E-state index contributed by atoms with van der Waals surface area (Å²) in [5, 5.41) is 12.0. The Balaban J connectivity index is 1.22. The largest absolute Gasteiger partial charge is 0.309 e. The molecule has 0 aliphatic carbocycles. The zero-order chi connectivity index (χ0) is 30.2.